The largest absolute Gasteiger partial charge is 0.492 e. The van der Waals surface area contributed by atoms with Gasteiger partial charge in [-0.05, 0) is 49.6 Å². The van der Waals surface area contributed by atoms with E-state index < -0.39 is 0 Å². The van der Waals surface area contributed by atoms with E-state index in [0.717, 1.165) is 42.4 Å². The van der Waals surface area contributed by atoms with Crippen molar-refractivity contribution in [3.05, 3.63) is 52.2 Å². The van der Waals surface area contributed by atoms with E-state index in [2.05, 4.69) is 28.7 Å². The highest BCUT2D eigenvalue weighted by molar-refractivity contribution is 5.82. The maximum absolute atomic E-state index is 12.2. The molecule has 1 saturated heterocycles. The van der Waals surface area contributed by atoms with Crippen molar-refractivity contribution in [2.24, 2.45) is 5.92 Å². The van der Waals surface area contributed by atoms with Gasteiger partial charge in [-0.1, -0.05) is 13.8 Å². The van der Waals surface area contributed by atoms with Gasteiger partial charge in [0.2, 0.25) is 0 Å². The van der Waals surface area contributed by atoms with E-state index in [-0.39, 0.29) is 5.56 Å². The van der Waals surface area contributed by atoms with Crippen LogP contribution in [0.4, 0.5) is 0 Å². The number of ether oxygens (including phenoxy) is 1. The van der Waals surface area contributed by atoms with Gasteiger partial charge in [0, 0.05) is 24.5 Å². The van der Waals surface area contributed by atoms with Crippen LogP contribution in [-0.2, 0) is 0 Å². The Morgan fingerprint density at radius 1 is 1.26 bits per heavy atom. The van der Waals surface area contributed by atoms with Crippen LogP contribution in [-0.4, -0.2) is 45.2 Å². The lowest BCUT2D eigenvalue weighted by Crippen LogP contribution is -2.14. The molecule has 27 heavy (non-hydrogen) atoms. The molecule has 0 bridgehead atoms. The lowest BCUT2D eigenvalue weighted by atomic mass is 10.2. The molecule has 0 spiro atoms. The Morgan fingerprint density at radius 3 is 2.70 bits per heavy atom. The van der Waals surface area contributed by atoms with Crippen molar-refractivity contribution >= 4 is 11.0 Å². The number of nitrogens with one attached hydrogen (secondary N) is 1. The molecular formula is C21H26N4O2. The summed E-state index contributed by atoms with van der Waals surface area (Å²) in [5.74, 6) is 1.56. The Balaban J connectivity index is 1.52. The molecule has 2 aromatic heterocycles. The highest BCUT2D eigenvalue weighted by Crippen LogP contribution is 2.26. The minimum atomic E-state index is -0.102. The number of rotatable bonds is 6. The Labute approximate surface area is 158 Å². The van der Waals surface area contributed by atoms with Crippen molar-refractivity contribution in [1.29, 1.82) is 0 Å². The first-order valence-corrected chi connectivity index (χ1v) is 9.48. The molecule has 2 atom stereocenters. The van der Waals surface area contributed by atoms with Crippen LogP contribution in [0.25, 0.3) is 16.7 Å². The average molecular weight is 366 g/mol. The maximum Gasteiger partial charge on any atom is 0.260 e. The zero-order valence-corrected chi connectivity index (χ0v) is 16.3. The summed E-state index contributed by atoms with van der Waals surface area (Å²) in [5, 5.41) is 0.648. The number of nitrogens with zero attached hydrogens (tertiary/aromatic N) is 3. The number of benzene rings is 1. The van der Waals surface area contributed by atoms with E-state index in [9.17, 15) is 4.79 Å². The van der Waals surface area contributed by atoms with Gasteiger partial charge in [-0.3, -0.25) is 14.3 Å². The van der Waals surface area contributed by atoms with Crippen molar-refractivity contribution < 1.29 is 4.74 Å². The fourth-order valence-corrected chi connectivity index (χ4v) is 3.68. The van der Waals surface area contributed by atoms with Crippen molar-refractivity contribution in [3.8, 4) is 11.4 Å². The third kappa shape index (κ3) is 3.37. The first kappa shape index (κ1) is 17.8. The summed E-state index contributed by atoms with van der Waals surface area (Å²) >= 11 is 0. The van der Waals surface area contributed by atoms with Crippen LogP contribution in [0.5, 0.6) is 5.75 Å². The Hall–Kier alpha value is -2.60. The van der Waals surface area contributed by atoms with Crippen LogP contribution >= 0.6 is 0 Å². The molecule has 2 unspecified atom stereocenters. The van der Waals surface area contributed by atoms with Crippen molar-refractivity contribution in [2.45, 2.75) is 33.7 Å². The molecule has 0 amide bonds. The van der Waals surface area contributed by atoms with E-state index in [4.69, 9.17) is 4.74 Å². The summed E-state index contributed by atoms with van der Waals surface area (Å²) in [6.07, 6.45) is 1.45. The van der Waals surface area contributed by atoms with Crippen molar-refractivity contribution in [3.63, 3.8) is 0 Å². The lowest BCUT2D eigenvalue weighted by molar-refractivity contribution is 0.287. The summed E-state index contributed by atoms with van der Waals surface area (Å²) < 4.78 is 7.98. The Bertz CT molecular complexity index is 1020. The summed E-state index contributed by atoms with van der Waals surface area (Å²) in [7, 11) is 0. The van der Waals surface area contributed by atoms with Crippen LogP contribution in [0.15, 0.2) is 35.4 Å². The monoisotopic (exact) mass is 366 g/mol. The fraction of sp³-hybridized carbons (Fsp3) is 0.429. The SMILES string of the molecule is Cc1c(C)n(-c2ccc(OCC3CN3CC(C)C)cc2)c2nc[nH]c(=O)c12. The van der Waals surface area contributed by atoms with Gasteiger partial charge >= 0.3 is 0 Å². The molecule has 1 N–H and O–H groups in total. The van der Waals surface area contributed by atoms with Gasteiger partial charge in [-0.25, -0.2) is 4.98 Å². The number of aromatic amines is 1. The van der Waals surface area contributed by atoms with E-state index >= 15 is 0 Å². The van der Waals surface area contributed by atoms with Crippen LogP contribution < -0.4 is 10.3 Å². The summed E-state index contributed by atoms with van der Waals surface area (Å²) in [6.45, 7) is 11.5. The molecule has 1 aromatic carbocycles. The predicted octanol–water partition coefficient (Wildman–Crippen LogP) is 3.05. The smallest absolute Gasteiger partial charge is 0.260 e. The molecule has 1 aliphatic heterocycles. The standard InChI is InChI=1S/C21H26N4O2/c1-13(2)9-24-10-17(24)11-27-18-7-5-16(6-8-18)25-15(4)14(3)19-20(25)22-12-23-21(19)26/h5-8,12-13,17H,9-11H2,1-4H3,(H,22,23,26). The number of fused-ring (bicyclic) bond motifs is 1. The Kier molecular flexibility index (Phi) is 4.52. The molecule has 0 saturated carbocycles. The summed E-state index contributed by atoms with van der Waals surface area (Å²) in [5.41, 5.74) is 3.53. The topological polar surface area (TPSA) is 62.9 Å². The molecule has 4 rings (SSSR count). The second kappa shape index (κ2) is 6.85. The van der Waals surface area contributed by atoms with Gasteiger partial charge < -0.3 is 9.72 Å². The van der Waals surface area contributed by atoms with Gasteiger partial charge in [-0.15, -0.1) is 0 Å². The quantitative estimate of drug-likeness (QED) is 0.681. The molecule has 1 aliphatic rings. The van der Waals surface area contributed by atoms with Gasteiger partial charge in [-0.2, -0.15) is 0 Å². The summed E-state index contributed by atoms with van der Waals surface area (Å²) in [4.78, 5) is 21.7. The molecule has 0 radical (unpaired) electrons. The average Bonchev–Trinajstić information content (AvgIpc) is 3.31. The number of hydrogen-bond acceptors (Lipinski definition) is 4. The second-order valence-electron chi connectivity index (χ2n) is 7.78. The van der Waals surface area contributed by atoms with Crippen LogP contribution in [0, 0.1) is 19.8 Å². The van der Waals surface area contributed by atoms with Crippen LogP contribution in [0.1, 0.15) is 25.1 Å². The molecule has 0 aliphatic carbocycles. The zero-order chi connectivity index (χ0) is 19.1. The molecule has 6 heteroatoms. The zero-order valence-electron chi connectivity index (χ0n) is 16.3. The first-order chi connectivity index (χ1) is 13.0. The summed E-state index contributed by atoms with van der Waals surface area (Å²) in [6, 6.07) is 8.55. The lowest BCUT2D eigenvalue weighted by Gasteiger charge is -2.11. The number of H-pyrrole nitrogens is 1. The van der Waals surface area contributed by atoms with Gasteiger partial charge in [0.05, 0.1) is 17.8 Å². The predicted molar refractivity (Wildman–Crippen MR) is 107 cm³/mol. The van der Waals surface area contributed by atoms with Crippen molar-refractivity contribution in [2.75, 3.05) is 19.7 Å². The Morgan fingerprint density at radius 2 is 2.00 bits per heavy atom. The highest BCUT2D eigenvalue weighted by Gasteiger charge is 2.34. The molecular weight excluding hydrogens is 340 g/mol. The third-order valence-corrected chi connectivity index (χ3v) is 5.26. The van der Waals surface area contributed by atoms with Crippen LogP contribution in [0.3, 0.4) is 0 Å². The highest BCUT2D eigenvalue weighted by atomic mass is 16.5. The van der Waals surface area contributed by atoms with E-state index in [0.29, 0.717) is 23.0 Å². The molecule has 142 valence electrons. The fourth-order valence-electron chi connectivity index (χ4n) is 3.68. The second-order valence-corrected chi connectivity index (χ2v) is 7.78. The maximum atomic E-state index is 12.2. The number of aryl methyl sites for hydroxylation is 1. The third-order valence-electron chi connectivity index (χ3n) is 5.26. The molecule has 3 heterocycles. The van der Waals surface area contributed by atoms with E-state index in [1.807, 2.05) is 42.7 Å². The van der Waals surface area contributed by atoms with E-state index in [1.165, 1.54) is 6.33 Å². The normalized spacial score (nSPS) is 19.0. The van der Waals surface area contributed by atoms with Gasteiger partial charge in [0.25, 0.3) is 5.56 Å². The number of aromatic nitrogens is 3. The number of hydrogen-bond donors (Lipinski definition) is 1. The molecule has 1 fully saturated rings. The van der Waals surface area contributed by atoms with Gasteiger partial charge in [0.15, 0.2) is 5.65 Å². The van der Waals surface area contributed by atoms with E-state index in [1.54, 1.807) is 0 Å². The first-order valence-electron chi connectivity index (χ1n) is 9.48. The minimum absolute atomic E-state index is 0.102. The van der Waals surface area contributed by atoms with Crippen LogP contribution in [0.2, 0.25) is 0 Å². The van der Waals surface area contributed by atoms with Gasteiger partial charge in [0.1, 0.15) is 12.4 Å². The molecule has 6 nitrogen and oxygen atoms in total. The minimum Gasteiger partial charge on any atom is -0.492 e. The molecule has 3 aromatic rings. The van der Waals surface area contributed by atoms with Crippen molar-refractivity contribution in [1.82, 2.24) is 19.4 Å².